The van der Waals surface area contributed by atoms with Gasteiger partial charge in [-0.1, -0.05) is 30.3 Å². The van der Waals surface area contributed by atoms with Crippen molar-refractivity contribution >= 4 is 11.6 Å². The summed E-state index contributed by atoms with van der Waals surface area (Å²) in [4.78, 5) is 19.1. The van der Waals surface area contributed by atoms with E-state index in [0.29, 0.717) is 5.56 Å². The Morgan fingerprint density at radius 3 is 2.65 bits per heavy atom. The van der Waals surface area contributed by atoms with Gasteiger partial charge in [0.25, 0.3) is 5.91 Å². The van der Waals surface area contributed by atoms with Crippen LogP contribution in [-0.2, 0) is 0 Å². The predicted molar refractivity (Wildman–Crippen MR) is 78.4 cm³/mol. The highest BCUT2D eigenvalue weighted by atomic mass is 16.1. The van der Waals surface area contributed by atoms with Gasteiger partial charge in [0, 0.05) is 16.8 Å². The fourth-order valence-electron chi connectivity index (χ4n) is 1.97. The fraction of sp³-hybridized carbons (Fsp3) is 0. The van der Waals surface area contributed by atoms with Gasteiger partial charge in [-0.3, -0.25) is 4.79 Å². The second kappa shape index (κ2) is 5.40. The Morgan fingerprint density at radius 2 is 1.90 bits per heavy atom. The minimum atomic E-state index is -0.118. The highest BCUT2D eigenvalue weighted by molar-refractivity contribution is 6.04. The van der Waals surface area contributed by atoms with Crippen LogP contribution >= 0.6 is 0 Å². The van der Waals surface area contributed by atoms with Crippen LogP contribution in [0.4, 0.5) is 5.69 Å². The maximum Gasteiger partial charge on any atom is 0.255 e. The summed E-state index contributed by atoms with van der Waals surface area (Å²) in [6, 6.07) is 16.8. The normalized spacial score (nSPS) is 10.2. The molecule has 0 aliphatic rings. The topological polar surface area (TPSA) is 57.8 Å². The van der Waals surface area contributed by atoms with Crippen molar-refractivity contribution in [3.63, 3.8) is 0 Å². The molecule has 0 unspecified atom stereocenters. The van der Waals surface area contributed by atoms with Crippen LogP contribution in [0.5, 0.6) is 0 Å². The van der Waals surface area contributed by atoms with Crippen molar-refractivity contribution in [2.45, 2.75) is 0 Å². The van der Waals surface area contributed by atoms with E-state index in [9.17, 15) is 4.79 Å². The summed E-state index contributed by atoms with van der Waals surface area (Å²) in [6.07, 6.45) is 3.38. The summed E-state index contributed by atoms with van der Waals surface area (Å²) in [6.45, 7) is 0. The number of nitrogens with zero attached hydrogens (tertiary/aromatic N) is 1. The van der Waals surface area contributed by atoms with E-state index in [1.54, 1.807) is 24.7 Å². The molecule has 0 fully saturated rings. The molecule has 1 heterocycles. The zero-order chi connectivity index (χ0) is 13.8. The highest BCUT2D eigenvalue weighted by Crippen LogP contribution is 2.20. The maximum atomic E-state index is 12.1. The molecule has 0 bridgehead atoms. The second-order valence-corrected chi connectivity index (χ2v) is 4.37. The Bertz CT molecular complexity index is 706. The van der Waals surface area contributed by atoms with E-state index < -0.39 is 0 Å². The number of carbonyl (C=O) groups excluding carboxylic acids is 1. The molecule has 0 spiro atoms. The summed E-state index contributed by atoms with van der Waals surface area (Å²) >= 11 is 0. The van der Waals surface area contributed by atoms with Crippen molar-refractivity contribution in [3.05, 3.63) is 72.7 Å². The monoisotopic (exact) mass is 263 g/mol. The molecule has 0 radical (unpaired) electrons. The Hall–Kier alpha value is -2.88. The number of hydrogen-bond acceptors (Lipinski definition) is 2. The molecule has 0 aliphatic heterocycles. The number of rotatable bonds is 3. The standard InChI is InChI=1S/C16H13N3O/c20-16(12-5-2-1-3-6-12)19-14-8-4-7-13(9-14)15-10-17-11-18-15/h1-11H,(H,17,18)(H,19,20). The minimum absolute atomic E-state index is 0.118. The molecule has 98 valence electrons. The Kier molecular flexibility index (Phi) is 3.29. The van der Waals surface area contributed by atoms with Crippen LogP contribution in [0.1, 0.15) is 10.4 Å². The zero-order valence-electron chi connectivity index (χ0n) is 10.7. The summed E-state index contributed by atoms with van der Waals surface area (Å²) in [5, 5.41) is 2.89. The predicted octanol–water partition coefficient (Wildman–Crippen LogP) is 3.33. The molecule has 20 heavy (non-hydrogen) atoms. The van der Waals surface area contributed by atoms with Crippen LogP contribution in [0.25, 0.3) is 11.3 Å². The Labute approximate surface area is 116 Å². The van der Waals surface area contributed by atoms with E-state index in [1.165, 1.54) is 0 Å². The summed E-state index contributed by atoms with van der Waals surface area (Å²) in [7, 11) is 0. The number of hydrogen-bond donors (Lipinski definition) is 2. The fourth-order valence-corrected chi connectivity index (χ4v) is 1.97. The van der Waals surface area contributed by atoms with Crippen molar-refractivity contribution in [1.29, 1.82) is 0 Å². The lowest BCUT2D eigenvalue weighted by Crippen LogP contribution is -2.11. The van der Waals surface area contributed by atoms with E-state index in [0.717, 1.165) is 16.9 Å². The molecule has 3 rings (SSSR count). The van der Waals surface area contributed by atoms with Crippen LogP contribution in [0.2, 0.25) is 0 Å². The number of amides is 1. The van der Waals surface area contributed by atoms with Gasteiger partial charge in [-0.25, -0.2) is 4.98 Å². The van der Waals surface area contributed by atoms with Gasteiger partial charge in [0.15, 0.2) is 0 Å². The molecular weight excluding hydrogens is 250 g/mol. The first kappa shape index (κ1) is 12.2. The molecule has 0 aliphatic carbocycles. The van der Waals surface area contributed by atoms with E-state index in [4.69, 9.17) is 0 Å². The first-order chi connectivity index (χ1) is 9.83. The molecule has 3 aromatic rings. The third kappa shape index (κ3) is 2.59. The molecule has 1 amide bonds. The van der Waals surface area contributed by atoms with Gasteiger partial charge in [-0.15, -0.1) is 0 Å². The van der Waals surface area contributed by atoms with Gasteiger partial charge >= 0.3 is 0 Å². The average molecular weight is 263 g/mol. The largest absolute Gasteiger partial charge is 0.345 e. The van der Waals surface area contributed by atoms with E-state index in [-0.39, 0.29) is 5.91 Å². The molecule has 1 aromatic heterocycles. The summed E-state index contributed by atoms with van der Waals surface area (Å²) < 4.78 is 0. The first-order valence-electron chi connectivity index (χ1n) is 6.28. The van der Waals surface area contributed by atoms with Crippen LogP contribution in [0.3, 0.4) is 0 Å². The molecule has 0 atom stereocenters. The Balaban J connectivity index is 1.82. The molecule has 0 saturated carbocycles. The molecule has 2 N–H and O–H groups in total. The highest BCUT2D eigenvalue weighted by Gasteiger charge is 2.06. The summed E-state index contributed by atoms with van der Waals surface area (Å²) in [5.41, 5.74) is 3.29. The first-order valence-corrected chi connectivity index (χ1v) is 6.28. The number of nitrogens with one attached hydrogen (secondary N) is 2. The number of H-pyrrole nitrogens is 1. The van der Waals surface area contributed by atoms with Crippen molar-refractivity contribution in [3.8, 4) is 11.3 Å². The average Bonchev–Trinajstić information content (AvgIpc) is 3.03. The molecule has 2 aromatic carbocycles. The van der Waals surface area contributed by atoms with E-state index in [2.05, 4.69) is 15.3 Å². The van der Waals surface area contributed by atoms with Crippen LogP contribution in [-0.4, -0.2) is 15.9 Å². The number of aromatic nitrogens is 2. The number of anilines is 1. The van der Waals surface area contributed by atoms with Crippen LogP contribution in [0.15, 0.2) is 67.1 Å². The van der Waals surface area contributed by atoms with Crippen LogP contribution < -0.4 is 5.32 Å². The van der Waals surface area contributed by atoms with Crippen molar-refractivity contribution in [2.75, 3.05) is 5.32 Å². The lowest BCUT2D eigenvalue weighted by molar-refractivity contribution is 0.102. The number of imidazole rings is 1. The summed E-state index contributed by atoms with van der Waals surface area (Å²) in [5.74, 6) is -0.118. The van der Waals surface area contributed by atoms with Crippen molar-refractivity contribution in [1.82, 2.24) is 9.97 Å². The van der Waals surface area contributed by atoms with Crippen molar-refractivity contribution in [2.24, 2.45) is 0 Å². The van der Waals surface area contributed by atoms with Gasteiger partial charge < -0.3 is 10.3 Å². The third-order valence-corrected chi connectivity index (χ3v) is 2.97. The van der Waals surface area contributed by atoms with Gasteiger partial charge in [0.1, 0.15) is 0 Å². The second-order valence-electron chi connectivity index (χ2n) is 4.37. The van der Waals surface area contributed by atoms with Gasteiger partial charge in [-0.2, -0.15) is 0 Å². The van der Waals surface area contributed by atoms with Gasteiger partial charge in [-0.05, 0) is 24.3 Å². The maximum absolute atomic E-state index is 12.1. The third-order valence-electron chi connectivity index (χ3n) is 2.97. The molecule has 4 heteroatoms. The van der Waals surface area contributed by atoms with Crippen molar-refractivity contribution < 1.29 is 4.79 Å². The Morgan fingerprint density at radius 1 is 1.05 bits per heavy atom. The smallest absolute Gasteiger partial charge is 0.255 e. The van der Waals surface area contributed by atoms with Gasteiger partial charge in [0.2, 0.25) is 0 Å². The number of aromatic amines is 1. The molecule has 4 nitrogen and oxygen atoms in total. The SMILES string of the molecule is O=C(Nc1cccc(-c2cnc[nH]2)c1)c1ccccc1. The lowest BCUT2D eigenvalue weighted by atomic mass is 10.1. The van der Waals surface area contributed by atoms with E-state index >= 15 is 0 Å². The van der Waals surface area contributed by atoms with Gasteiger partial charge in [0.05, 0.1) is 18.2 Å². The molecular formula is C16H13N3O. The lowest BCUT2D eigenvalue weighted by Gasteiger charge is -2.06. The number of benzene rings is 2. The molecule has 0 saturated heterocycles. The zero-order valence-corrected chi connectivity index (χ0v) is 10.7. The van der Waals surface area contributed by atoms with Crippen LogP contribution in [0, 0.1) is 0 Å². The quantitative estimate of drug-likeness (QED) is 0.761. The van der Waals surface area contributed by atoms with E-state index in [1.807, 2.05) is 42.5 Å². The minimum Gasteiger partial charge on any atom is -0.345 e. The number of carbonyl (C=O) groups is 1.